The molecular formula is C70H80N2O11. The fraction of sp³-hybridized carbons (Fsp3) is 0.286. The summed E-state index contributed by atoms with van der Waals surface area (Å²) in [5.41, 5.74) is 4.28. The first-order chi connectivity index (χ1) is 40.5. The molecule has 0 bridgehead atoms. The maximum Gasteiger partial charge on any atom is 0.323 e. The molecule has 8 aromatic carbocycles. The highest BCUT2D eigenvalue weighted by Crippen LogP contribution is 2.41. The zero-order chi connectivity index (χ0) is 59.1. The number of phenols is 2. The van der Waals surface area contributed by atoms with Crippen LogP contribution in [-0.2, 0) is 38.4 Å². The number of rotatable bonds is 30. The van der Waals surface area contributed by atoms with Crippen molar-refractivity contribution in [1.82, 2.24) is 10.6 Å². The standard InChI is InChI=1S/C30H48N2O7.2C20H16O2/c33-21-25-17-23(9-11-27(25)35)29(37)19-31-13-5-1-3-7-15-39-16-8-4-2-6-14-32-20-30(38)24-10-12-28(36)26(18-24)22-34;2*21-19(22)20(16-10-4-1-5-11-16,17-12-6-2-7-13-17)18-14-8-3-9-15-18/h9-12,17-18,29-38H,1-8,13-16,19-22H2;2*1-15H,(H,21,22). The van der Waals surface area contributed by atoms with Crippen LogP contribution in [0.4, 0.5) is 0 Å². The van der Waals surface area contributed by atoms with Gasteiger partial charge in [-0.25, -0.2) is 0 Å². The summed E-state index contributed by atoms with van der Waals surface area (Å²) in [5.74, 6) is -1.68. The fourth-order valence-corrected chi connectivity index (χ4v) is 10.2. The van der Waals surface area contributed by atoms with Crippen molar-refractivity contribution in [3.8, 4) is 11.5 Å². The number of aliphatic hydroxyl groups is 4. The smallest absolute Gasteiger partial charge is 0.323 e. The molecule has 0 aliphatic heterocycles. The molecule has 13 heteroatoms. The van der Waals surface area contributed by atoms with Gasteiger partial charge in [0, 0.05) is 37.4 Å². The zero-order valence-electron chi connectivity index (χ0n) is 47.1. The van der Waals surface area contributed by atoms with Crippen LogP contribution in [0.3, 0.4) is 0 Å². The number of aliphatic carboxylic acids is 2. The van der Waals surface area contributed by atoms with Crippen LogP contribution < -0.4 is 10.6 Å². The maximum atomic E-state index is 12.4. The number of aromatic hydroxyl groups is 2. The monoisotopic (exact) mass is 1120 g/mol. The lowest BCUT2D eigenvalue weighted by Gasteiger charge is -2.31. The van der Waals surface area contributed by atoms with Gasteiger partial charge in [-0.15, -0.1) is 0 Å². The van der Waals surface area contributed by atoms with Gasteiger partial charge in [0.1, 0.15) is 22.3 Å². The van der Waals surface area contributed by atoms with Crippen molar-refractivity contribution < 1.29 is 55.2 Å². The number of benzene rings is 8. The first-order valence-corrected chi connectivity index (χ1v) is 28.5. The molecule has 2 atom stereocenters. The Hall–Kier alpha value is -7.98. The van der Waals surface area contributed by atoms with Crippen molar-refractivity contribution in [2.75, 3.05) is 39.4 Å². The number of carboxylic acids is 2. The van der Waals surface area contributed by atoms with Gasteiger partial charge in [0.05, 0.1) is 25.4 Å². The van der Waals surface area contributed by atoms with Crippen LogP contribution in [0.15, 0.2) is 218 Å². The summed E-state index contributed by atoms with van der Waals surface area (Å²) in [7, 11) is 0. The minimum absolute atomic E-state index is 0.0372. The van der Waals surface area contributed by atoms with Gasteiger partial charge < -0.3 is 56.2 Å². The number of hydrogen-bond donors (Lipinski definition) is 10. The van der Waals surface area contributed by atoms with Gasteiger partial charge in [-0.2, -0.15) is 0 Å². The Labute approximate surface area is 488 Å². The summed E-state index contributed by atoms with van der Waals surface area (Å²) in [5, 5.41) is 85.1. The normalized spacial score (nSPS) is 12.0. The van der Waals surface area contributed by atoms with Crippen LogP contribution in [0.25, 0.3) is 0 Å². The molecule has 0 saturated carbocycles. The molecule has 2 unspecified atom stereocenters. The van der Waals surface area contributed by atoms with Gasteiger partial charge in [-0.3, -0.25) is 9.59 Å². The quantitative estimate of drug-likeness (QED) is 0.0149. The Bertz CT molecular complexity index is 2700. The third-order valence-electron chi connectivity index (χ3n) is 14.7. The second kappa shape index (κ2) is 34.5. The molecule has 0 spiro atoms. The summed E-state index contributed by atoms with van der Waals surface area (Å²) >= 11 is 0. The second-order valence-electron chi connectivity index (χ2n) is 20.3. The first-order valence-electron chi connectivity index (χ1n) is 28.5. The lowest BCUT2D eigenvalue weighted by molar-refractivity contribution is -0.141. The average molecular weight is 1130 g/mol. The Balaban J connectivity index is 0.000000213. The molecule has 83 heavy (non-hydrogen) atoms. The molecule has 0 heterocycles. The molecule has 0 aliphatic rings. The molecular weight excluding hydrogens is 1040 g/mol. The Morgan fingerprint density at radius 1 is 0.386 bits per heavy atom. The van der Waals surface area contributed by atoms with E-state index in [1.54, 1.807) is 24.3 Å². The SMILES string of the molecule is O=C(O)C(c1ccccc1)(c1ccccc1)c1ccccc1.O=C(O)C(c1ccccc1)(c1ccccc1)c1ccccc1.OCc1cc(C(O)CNCCCCCCOCCCCCCNCC(O)c2ccc(O)c(CO)c2)ccc1O. The van der Waals surface area contributed by atoms with Gasteiger partial charge in [0.25, 0.3) is 0 Å². The predicted molar refractivity (Wildman–Crippen MR) is 325 cm³/mol. The number of carboxylic acid groups (broad SMARTS) is 2. The van der Waals surface area contributed by atoms with Crippen molar-refractivity contribution in [3.05, 3.63) is 274 Å². The minimum atomic E-state index is -1.20. The number of ether oxygens (including phenoxy) is 1. The highest BCUT2D eigenvalue weighted by molar-refractivity contribution is 5.91. The van der Waals surface area contributed by atoms with Crippen LogP contribution >= 0.6 is 0 Å². The van der Waals surface area contributed by atoms with E-state index in [4.69, 9.17) is 4.74 Å². The molecule has 436 valence electrons. The van der Waals surface area contributed by atoms with E-state index in [1.165, 1.54) is 12.1 Å². The summed E-state index contributed by atoms with van der Waals surface area (Å²) in [6, 6.07) is 65.9. The summed E-state index contributed by atoms with van der Waals surface area (Å²) in [6.07, 6.45) is 7.27. The maximum absolute atomic E-state index is 12.4. The van der Waals surface area contributed by atoms with E-state index in [0.717, 1.165) is 111 Å². The number of hydrogen-bond acceptors (Lipinski definition) is 11. The molecule has 10 N–H and O–H groups in total. The van der Waals surface area contributed by atoms with E-state index in [9.17, 15) is 50.4 Å². The summed E-state index contributed by atoms with van der Waals surface area (Å²) in [6.45, 7) is 3.59. The lowest BCUT2D eigenvalue weighted by Crippen LogP contribution is -2.38. The molecule has 0 amide bonds. The minimum Gasteiger partial charge on any atom is -0.508 e. The molecule has 0 fully saturated rings. The van der Waals surface area contributed by atoms with Gasteiger partial charge in [-0.05, 0) is 108 Å². The lowest BCUT2D eigenvalue weighted by atomic mass is 9.69. The Kier molecular flexibility index (Phi) is 26.7. The summed E-state index contributed by atoms with van der Waals surface area (Å²) in [4.78, 5) is 24.8. The van der Waals surface area contributed by atoms with Crippen molar-refractivity contribution in [3.63, 3.8) is 0 Å². The van der Waals surface area contributed by atoms with E-state index in [0.29, 0.717) is 35.3 Å². The topological polar surface area (TPSA) is 229 Å². The Morgan fingerprint density at radius 3 is 0.904 bits per heavy atom. The van der Waals surface area contributed by atoms with E-state index in [-0.39, 0.29) is 24.7 Å². The number of carbonyl (C=O) groups is 2. The molecule has 0 saturated heterocycles. The van der Waals surface area contributed by atoms with Gasteiger partial charge >= 0.3 is 11.9 Å². The molecule has 0 radical (unpaired) electrons. The van der Waals surface area contributed by atoms with Crippen LogP contribution in [0.2, 0.25) is 0 Å². The summed E-state index contributed by atoms with van der Waals surface area (Å²) < 4.78 is 5.74. The van der Waals surface area contributed by atoms with E-state index in [2.05, 4.69) is 10.6 Å². The highest BCUT2D eigenvalue weighted by atomic mass is 16.5. The van der Waals surface area contributed by atoms with E-state index < -0.39 is 35.0 Å². The number of nitrogens with one attached hydrogen (secondary N) is 2. The molecule has 8 rings (SSSR count). The van der Waals surface area contributed by atoms with Crippen molar-refractivity contribution in [1.29, 1.82) is 0 Å². The second-order valence-corrected chi connectivity index (χ2v) is 20.3. The largest absolute Gasteiger partial charge is 0.508 e. The van der Waals surface area contributed by atoms with Gasteiger partial charge in [-0.1, -0.05) is 220 Å². The number of aliphatic hydroxyl groups excluding tert-OH is 4. The average Bonchev–Trinajstić information content (AvgIpc) is 3.69. The molecule has 13 nitrogen and oxygen atoms in total. The molecule has 0 aliphatic carbocycles. The van der Waals surface area contributed by atoms with Crippen LogP contribution in [-0.4, -0.2) is 92.2 Å². The van der Waals surface area contributed by atoms with Crippen molar-refractivity contribution >= 4 is 11.9 Å². The number of unbranched alkanes of at least 4 members (excludes halogenated alkanes) is 6. The Morgan fingerprint density at radius 2 is 0.651 bits per heavy atom. The van der Waals surface area contributed by atoms with Crippen LogP contribution in [0.5, 0.6) is 11.5 Å². The fourth-order valence-electron chi connectivity index (χ4n) is 10.2. The zero-order valence-corrected chi connectivity index (χ0v) is 47.1. The van der Waals surface area contributed by atoms with E-state index >= 15 is 0 Å². The van der Waals surface area contributed by atoms with Crippen LogP contribution in [0, 0.1) is 0 Å². The van der Waals surface area contributed by atoms with Crippen molar-refractivity contribution in [2.45, 2.75) is 87.6 Å². The van der Waals surface area contributed by atoms with Gasteiger partial charge in [0.2, 0.25) is 0 Å². The molecule has 0 aromatic heterocycles. The first kappa shape index (κ1) is 64.2. The van der Waals surface area contributed by atoms with Crippen LogP contribution in [0.1, 0.15) is 119 Å². The van der Waals surface area contributed by atoms with Crippen molar-refractivity contribution in [2.24, 2.45) is 0 Å². The molecule has 8 aromatic rings. The van der Waals surface area contributed by atoms with Gasteiger partial charge in [0.15, 0.2) is 0 Å². The van der Waals surface area contributed by atoms with E-state index in [1.807, 2.05) is 182 Å². The predicted octanol–water partition coefficient (Wildman–Crippen LogP) is 11.4. The third-order valence-corrected chi connectivity index (χ3v) is 14.7. The highest BCUT2D eigenvalue weighted by Gasteiger charge is 2.45. The third kappa shape index (κ3) is 18.0.